The smallest absolute Gasteiger partial charge is 0.246 e. The second-order valence-electron chi connectivity index (χ2n) is 1.71. The molecule has 0 amide bonds. The Labute approximate surface area is 59.4 Å². The number of nitriles is 1. The molecule has 0 aromatic rings. The quantitative estimate of drug-likeness (QED) is 0.523. The van der Waals surface area contributed by atoms with E-state index in [0.717, 1.165) is 0 Å². The Bertz CT molecular complexity index is 259. The number of rotatable bonds is 3. The number of Topliss-reactive ketones (excluding diaryl/α,β-unsaturated/α-hetero) is 1. The zero-order valence-electron chi connectivity index (χ0n) is 5.49. The Hall–Kier alpha value is -0.890. The molecule has 0 rings (SSSR count). The predicted molar refractivity (Wildman–Crippen MR) is 34.9 cm³/mol. The predicted octanol–water partition coefficient (Wildman–Crippen LogP) is -0.486. The fourth-order valence-electron chi connectivity index (χ4n) is 0.334. The van der Waals surface area contributed by atoms with Crippen LogP contribution in [0.15, 0.2) is 0 Å². The third kappa shape index (κ3) is 3.20. The number of ketones is 1. The van der Waals surface area contributed by atoms with Gasteiger partial charge in [0.15, 0.2) is 9.84 Å². The van der Waals surface area contributed by atoms with Crippen molar-refractivity contribution in [2.75, 3.05) is 11.5 Å². The van der Waals surface area contributed by atoms with Crippen LogP contribution in [0.4, 0.5) is 0 Å². The molecule has 0 saturated carbocycles. The van der Waals surface area contributed by atoms with Crippen molar-refractivity contribution < 1.29 is 13.2 Å². The SMILES string of the molecule is CCS(=O)(=O)CC(=O)C#N. The van der Waals surface area contributed by atoms with Crippen molar-refractivity contribution in [3.63, 3.8) is 0 Å². The molecule has 0 aliphatic carbocycles. The summed E-state index contributed by atoms with van der Waals surface area (Å²) < 4.78 is 21.2. The molecule has 0 aliphatic heterocycles. The van der Waals surface area contributed by atoms with Gasteiger partial charge in [-0.2, -0.15) is 5.26 Å². The molecule has 0 aromatic carbocycles. The first-order valence-corrected chi connectivity index (χ1v) is 4.47. The van der Waals surface area contributed by atoms with Gasteiger partial charge in [-0.1, -0.05) is 6.92 Å². The van der Waals surface area contributed by atoms with Crippen LogP contribution in [-0.4, -0.2) is 25.7 Å². The molecule has 0 fully saturated rings. The molecular weight excluding hydrogens is 154 g/mol. The molecule has 0 bridgehead atoms. The summed E-state index contributed by atoms with van der Waals surface area (Å²) in [7, 11) is -3.30. The number of carbonyl (C=O) groups is 1. The van der Waals surface area contributed by atoms with Crippen LogP contribution in [0.25, 0.3) is 0 Å². The average Bonchev–Trinajstić information content (AvgIpc) is 1.87. The Balaban J connectivity index is 4.21. The normalized spacial score (nSPS) is 10.4. The summed E-state index contributed by atoms with van der Waals surface area (Å²) in [6.45, 7) is 1.43. The topological polar surface area (TPSA) is 75.0 Å². The monoisotopic (exact) mass is 161 g/mol. The van der Waals surface area contributed by atoms with Crippen LogP contribution in [0.3, 0.4) is 0 Å². The molecule has 5 heteroatoms. The van der Waals surface area contributed by atoms with Gasteiger partial charge in [0.05, 0.1) is 0 Å². The average molecular weight is 161 g/mol. The highest BCUT2D eigenvalue weighted by Crippen LogP contribution is 1.88. The van der Waals surface area contributed by atoms with E-state index in [-0.39, 0.29) is 5.75 Å². The summed E-state index contributed by atoms with van der Waals surface area (Å²) >= 11 is 0. The maximum absolute atomic E-state index is 10.6. The number of carbonyl (C=O) groups excluding carboxylic acids is 1. The van der Waals surface area contributed by atoms with Gasteiger partial charge in [-0.15, -0.1) is 0 Å². The molecule has 10 heavy (non-hydrogen) atoms. The summed E-state index contributed by atoms with van der Waals surface area (Å²) in [6, 6.07) is 1.24. The minimum Gasteiger partial charge on any atom is -0.281 e. The largest absolute Gasteiger partial charge is 0.281 e. The molecule has 0 radical (unpaired) electrons. The minimum absolute atomic E-state index is 0.0968. The molecule has 56 valence electrons. The van der Waals surface area contributed by atoms with Gasteiger partial charge in [-0.25, -0.2) is 8.42 Å². The molecule has 0 saturated heterocycles. The van der Waals surface area contributed by atoms with Gasteiger partial charge in [0.2, 0.25) is 5.78 Å². The molecule has 0 spiro atoms. The highest BCUT2D eigenvalue weighted by molar-refractivity contribution is 7.92. The molecule has 0 unspecified atom stereocenters. The molecule has 0 atom stereocenters. The van der Waals surface area contributed by atoms with Crippen LogP contribution in [0.2, 0.25) is 0 Å². The van der Waals surface area contributed by atoms with Gasteiger partial charge in [0.25, 0.3) is 0 Å². The van der Waals surface area contributed by atoms with Gasteiger partial charge in [0, 0.05) is 5.75 Å². The van der Waals surface area contributed by atoms with Crippen LogP contribution in [-0.2, 0) is 14.6 Å². The van der Waals surface area contributed by atoms with Crippen LogP contribution < -0.4 is 0 Å². The van der Waals surface area contributed by atoms with E-state index in [0.29, 0.717) is 0 Å². The number of hydrogen-bond donors (Lipinski definition) is 0. The lowest BCUT2D eigenvalue weighted by Crippen LogP contribution is -2.15. The van der Waals surface area contributed by atoms with E-state index >= 15 is 0 Å². The van der Waals surface area contributed by atoms with Gasteiger partial charge in [-0.05, 0) is 0 Å². The maximum atomic E-state index is 10.6. The van der Waals surface area contributed by atoms with Crippen molar-refractivity contribution in [2.24, 2.45) is 0 Å². The zero-order valence-corrected chi connectivity index (χ0v) is 6.31. The van der Waals surface area contributed by atoms with Gasteiger partial charge >= 0.3 is 0 Å². The number of hydrogen-bond acceptors (Lipinski definition) is 4. The Kier molecular flexibility index (Phi) is 3.03. The summed E-state index contributed by atoms with van der Waals surface area (Å²) in [5.41, 5.74) is 0. The second kappa shape index (κ2) is 3.32. The summed E-state index contributed by atoms with van der Waals surface area (Å²) in [6.07, 6.45) is 0. The summed E-state index contributed by atoms with van der Waals surface area (Å²) in [5.74, 6) is -1.65. The number of sulfone groups is 1. The Morgan fingerprint density at radius 2 is 2.10 bits per heavy atom. The lowest BCUT2D eigenvalue weighted by atomic mass is 10.5. The zero-order chi connectivity index (χ0) is 8.20. The van der Waals surface area contributed by atoms with Crippen LogP contribution in [0.1, 0.15) is 6.92 Å². The van der Waals surface area contributed by atoms with E-state index in [9.17, 15) is 13.2 Å². The van der Waals surface area contributed by atoms with Crippen molar-refractivity contribution in [2.45, 2.75) is 6.92 Å². The maximum Gasteiger partial charge on any atom is 0.246 e. The Morgan fingerprint density at radius 3 is 2.40 bits per heavy atom. The third-order valence-electron chi connectivity index (χ3n) is 0.916. The highest BCUT2D eigenvalue weighted by Gasteiger charge is 2.12. The van der Waals surface area contributed by atoms with E-state index < -0.39 is 21.4 Å². The lowest BCUT2D eigenvalue weighted by Gasteiger charge is -1.91. The fraction of sp³-hybridized carbons (Fsp3) is 0.600. The third-order valence-corrected chi connectivity index (χ3v) is 2.50. The van der Waals surface area contributed by atoms with Gasteiger partial charge in [-0.3, -0.25) is 4.79 Å². The first kappa shape index (κ1) is 9.11. The summed E-state index contributed by atoms with van der Waals surface area (Å²) in [4.78, 5) is 10.2. The van der Waals surface area contributed by atoms with E-state index in [2.05, 4.69) is 0 Å². The molecule has 0 aliphatic rings. The molecular formula is C5H7NO3S. The van der Waals surface area contributed by atoms with Crippen LogP contribution in [0.5, 0.6) is 0 Å². The number of nitrogens with zero attached hydrogens (tertiary/aromatic N) is 1. The highest BCUT2D eigenvalue weighted by atomic mass is 32.2. The lowest BCUT2D eigenvalue weighted by molar-refractivity contribution is -0.111. The first-order valence-electron chi connectivity index (χ1n) is 2.65. The molecule has 0 heterocycles. The van der Waals surface area contributed by atoms with Gasteiger partial charge in [0.1, 0.15) is 11.8 Å². The standard InChI is InChI=1S/C5H7NO3S/c1-2-10(8,9)4-5(7)3-6/h2,4H2,1H3. The molecule has 0 N–H and O–H groups in total. The summed E-state index contributed by atoms with van der Waals surface area (Å²) in [5, 5.41) is 7.93. The van der Waals surface area contributed by atoms with Crippen molar-refractivity contribution >= 4 is 15.6 Å². The molecule has 0 aromatic heterocycles. The fourth-order valence-corrected chi connectivity index (χ4v) is 1.00. The van der Waals surface area contributed by atoms with Crippen LogP contribution in [0, 0.1) is 11.3 Å². The van der Waals surface area contributed by atoms with Crippen LogP contribution >= 0.6 is 0 Å². The first-order chi connectivity index (χ1) is 4.52. The van der Waals surface area contributed by atoms with Crippen molar-refractivity contribution in [1.29, 1.82) is 5.26 Å². The van der Waals surface area contributed by atoms with E-state index in [4.69, 9.17) is 5.26 Å². The minimum atomic E-state index is -3.30. The molecule has 4 nitrogen and oxygen atoms in total. The van der Waals surface area contributed by atoms with E-state index in [1.54, 1.807) is 0 Å². The van der Waals surface area contributed by atoms with E-state index in [1.807, 2.05) is 0 Å². The second-order valence-corrected chi connectivity index (χ2v) is 4.06. The Morgan fingerprint density at radius 1 is 1.60 bits per heavy atom. The van der Waals surface area contributed by atoms with E-state index in [1.165, 1.54) is 13.0 Å². The van der Waals surface area contributed by atoms with Crippen molar-refractivity contribution in [1.82, 2.24) is 0 Å². The van der Waals surface area contributed by atoms with Gasteiger partial charge < -0.3 is 0 Å². The van der Waals surface area contributed by atoms with Crippen molar-refractivity contribution in [3.8, 4) is 6.07 Å². The van der Waals surface area contributed by atoms with Crippen molar-refractivity contribution in [3.05, 3.63) is 0 Å².